The van der Waals surface area contributed by atoms with Crippen LogP contribution < -0.4 is 15.0 Å². The van der Waals surface area contributed by atoms with Crippen molar-refractivity contribution in [3.63, 3.8) is 0 Å². The van der Waals surface area contributed by atoms with Gasteiger partial charge in [0.05, 0.1) is 7.11 Å². The van der Waals surface area contributed by atoms with Crippen molar-refractivity contribution in [1.29, 1.82) is 0 Å². The quantitative estimate of drug-likeness (QED) is 0.852. The van der Waals surface area contributed by atoms with E-state index in [1.807, 2.05) is 35.2 Å². The highest BCUT2D eigenvalue weighted by molar-refractivity contribution is 6.35. The van der Waals surface area contributed by atoms with Crippen LogP contribution in [0.5, 0.6) is 5.75 Å². The van der Waals surface area contributed by atoms with Crippen LogP contribution in [0.25, 0.3) is 0 Å². The van der Waals surface area contributed by atoms with E-state index < -0.39 is 0 Å². The second-order valence-electron chi connectivity index (χ2n) is 6.07. The number of benzene rings is 2. The zero-order valence-electron chi connectivity index (χ0n) is 14.5. The number of piperazine rings is 1. The topological polar surface area (TPSA) is 44.8 Å². The number of halogens is 2. The summed E-state index contributed by atoms with van der Waals surface area (Å²) in [6.07, 6.45) is 0. The van der Waals surface area contributed by atoms with Gasteiger partial charge in [-0.2, -0.15) is 0 Å². The number of hydrogen-bond acceptors (Lipinski definition) is 3. The van der Waals surface area contributed by atoms with Crippen LogP contribution in [0.4, 0.5) is 10.5 Å². The summed E-state index contributed by atoms with van der Waals surface area (Å²) in [4.78, 5) is 16.5. The number of hydrogen-bond donors (Lipinski definition) is 1. The second kappa shape index (κ2) is 8.52. The molecule has 138 valence electrons. The first kappa shape index (κ1) is 18.7. The highest BCUT2D eigenvalue weighted by Crippen LogP contribution is 2.22. The third-order valence-electron chi connectivity index (χ3n) is 4.45. The van der Waals surface area contributed by atoms with Crippen LogP contribution in [0.1, 0.15) is 5.56 Å². The molecule has 1 aliphatic heterocycles. The monoisotopic (exact) mass is 393 g/mol. The molecule has 5 nitrogen and oxygen atoms in total. The first-order valence-corrected chi connectivity index (χ1v) is 9.18. The number of amides is 2. The first-order valence-electron chi connectivity index (χ1n) is 8.42. The summed E-state index contributed by atoms with van der Waals surface area (Å²) >= 11 is 12.0. The number of carbonyl (C=O) groups excluding carboxylic acids is 1. The Bertz CT molecular complexity index is 760. The Morgan fingerprint density at radius 3 is 2.38 bits per heavy atom. The fourth-order valence-electron chi connectivity index (χ4n) is 2.91. The van der Waals surface area contributed by atoms with Gasteiger partial charge in [0.2, 0.25) is 0 Å². The van der Waals surface area contributed by atoms with Gasteiger partial charge in [-0.25, -0.2) is 4.79 Å². The van der Waals surface area contributed by atoms with E-state index in [-0.39, 0.29) is 6.03 Å². The molecule has 0 bridgehead atoms. The fourth-order valence-corrected chi connectivity index (χ4v) is 3.38. The van der Waals surface area contributed by atoms with Gasteiger partial charge in [0.25, 0.3) is 0 Å². The molecular formula is C19H21Cl2N3O2. The van der Waals surface area contributed by atoms with Crippen molar-refractivity contribution in [2.45, 2.75) is 6.54 Å². The molecule has 1 saturated heterocycles. The average Bonchev–Trinajstić information content (AvgIpc) is 2.67. The van der Waals surface area contributed by atoms with Crippen LogP contribution in [-0.4, -0.2) is 44.2 Å². The van der Waals surface area contributed by atoms with Crippen molar-refractivity contribution in [3.8, 4) is 5.75 Å². The summed E-state index contributed by atoms with van der Waals surface area (Å²) in [5.41, 5.74) is 1.99. The van der Waals surface area contributed by atoms with E-state index in [4.69, 9.17) is 27.9 Å². The molecule has 0 unspecified atom stereocenters. The number of carbonyl (C=O) groups is 1. The molecule has 0 aromatic heterocycles. The van der Waals surface area contributed by atoms with Gasteiger partial charge in [0.1, 0.15) is 5.75 Å². The van der Waals surface area contributed by atoms with E-state index in [2.05, 4.69) is 10.2 Å². The van der Waals surface area contributed by atoms with Crippen molar-refractivity contribution in [2.75, 3.05) is 38.2 Å². The zero-order valence-corrected chi connectivity index (χ0v) is 16.1. The number of methoxy groups -OCH3 is 1. The van der Waals surface area contributed by atoms with Crippen LogP contribution in [0.15, 0.2) is 42.5 Å². The molecule has 2 aromatic carbocycles. The van der Waals surface area contributed by atoms with Crippen LogP contribution in [0.2, 0.25) is 10.0 Å². The Kier molecular flexibility index (Phi) is 6.12. The number of ether oxygens (including phenoxy) is 1. The number of nitrogens with one attached hydrogen (secondary N) is 1. The van der Waals surface area contributed by atoms with Crippen molar-refractivity contribution >= 4 is 34.9 Å². The lowest BCUT2D eigenvalue weighted by Crippen LogP contribution is -2.51. The minimum absolute atomic E-state index is 0.0783. The van der Waals surface area contributed by atoms with E-state index in [1.165, 1.54) is 0 Å². The number of nitrogens with zero attached hydrogens (tertiary/aromatic N) is 2. The van der Waals surface area contributed by atoms with Crippen molar-refractivity contribution in [1.82, 2.24) is 10.2 Å². The molecule has 7 heteroatoms. The van der Waals surface area contributed by atoms with E-state index >= 15 is 0 Å². The van der Waals surface area contributed by atoms with Crippen LogP contribution in [0.3, 0.4) is 0 Å². The predicted octanol–water partition coefficient (Wildman–Crippen LogP) is 4.03. The summed E-state index contributed by atoms with van der Waals surface area (Å²) < 4.78 is 5.19. The largest absolute Gasteiger partial charge is 0.497 e. The highest BCUT2D eigenvalue weighted by atomic mass is 35.5. The maximum Gasteiger partial charge on any atom is 0.317 e. The van der Waals surface area contributed by atoms with E-state index in [1.54, 1.807) is 19.2 Å². The predicted molar refractivity (Wildman–Crippen MR) is 105 cm³/mol. The molecule has 2 aromatic rings. The molecule has 26 heavy (non-hydrogen) atoms. The Balaban J connectivity index is 1.50. The molecule has 1 N–H and O–H groups in total. The number of urea groups is 1. The Morgan fingerprint density at radius 1 is 1.08 bits per heavy atom. The maximum atomic E-state index is 12.4. The summed E-state index contributed by atoms with van der Waals surface area (Å²) in [5, 5.41) is 4.06. The van der Waals surface area contributed by atoms with Crippen molar-refractivity contribution in [2.24, 2.45) is 0 Å². The normalized spacial score (nSPS) is 14.3. The molecule has 0 spiro atoms. The fraction of sp³-hybridized carbons (Fsp3) is 0.316. The number of anilines is 1. The summed E-state index contributed by atoms with van der Waals surface area (Å²) in [6, 6.07) is 13.2. The molecule has 1 fully saturated rings. The molecule has 0 aliphatic carbocycles. The second-order valence-corrected chi connectivity index (χ2v) is 6.91. The van der Waals surface area contributed by atoms with Gasteiger partial charge in [-0.1, -0.05) is 29.3 Å². The average molecular weight is 394 g/mol. The third-order valence-corrected chi connectivity index (χ3v) is 5.04. The first-order chi connectivity index (χ1) is 12.6. The lowest BCUT2D eigenvalue weighted by molar-refractivity contribution is 0.194. The van der Waals surface area contributed by atoms with Gasteiger partial charge in [-0.3, -0.25) is 0 Å². The highest BCUT2D eigenvalue weighted by Gasteiger charge is 2.21. The smallest absolute Gasteiger partial charge is 0.317 e. The molecule has 0 radical (unpaired) electrons. The molecule has 3 rings (SSSR count). The van der Waals surface area contributed by atoms with Crippen LogP contribution in [-0.2, 0) is 6.54 Å². The summed E-state index contributed by atoms with van der Waals surface area (Å²) in [5.74, 6) is 0.840. The van der Waals surface area contributed by atoms with Crippen LogP contribution >= 0.6 is 23.2 Å². The van der Waals surface area contributed by atoms with Gasteiger partial charge in [-0.05, 0) is 42.0 Å². The Labute approximate surface area is 163 Å². The zero-order chi connectivity index (χ0) is 18.5. The summed E-state index contributed by atoms with van der Waals surface area (Å²) in [7, 11) is 1.66. The third kappa shape index (κ3) is 4.54. The minimum atomic E-state index is -0.0783. The van der Waals surface area contributed by atoms with Gasteiger partial charge in [-0.15, -0.1) is 0 Å². The molecule has 2 amide bonds. The van der Waals surface area contributed by atoms with Gasteiger partial charge in [0.15, 0.2) is 0 Å². The molecule has 1 aliphatic rings. The molecule has 0 atom stereocenters. The molecular weight excluding hydrogens is 373 g/mol. The Hall–Kier alpha value is -2.11. The van der Waals surface area contributed by atoms with Crippen molar-refractivity contribution in [3.05, 3.63) is 58.1 Å². The lowest BCUT2D eigenvalue weighted by Gasteiger charge is -2.36. The molecule has 0 saturated carbocycles. The van der Waals surface area contributed by atoms with Gasteiger partial charge in [0, 0.05) is 48.5 Å². The number of rotatable bonds is 4. The Morgan fingerprint density at radius 2 is 1.77 bits per heavy atom. The van der Waals surface area contributed by atoms with E-state index in [0.717, 1.165) is 30.1 Å². The van der Waals surface area contributed by atoms with Crippen molar-refractivity contribution < 1.29 is 9.53 Å². The molecule has 1 heterocycles. The SMILES string of the molecule is COc1ccc(N2CCN(C(=O)NCc3ccc(Cl)cc3Cl)CC2)cc1. The maximum absolute atomic E-state index is 12.4. The standard InChI is InChI=1S/C19H21Cl2N3O2/c1-26-17-6-4-16(5-7-17)23-8-10-24(11-9-23)19(25)22-13-14-2-3-15(20)12-18(14)21/h2-7,12H,8-11,13H2,1H3,(H,22,25). The van der Waals surface area contributed by atoms with E-state index in [0.29, 0.717) is 29.7 Å². The van der Waals surface area contributed by atoms with Crippen LogP contribution in [0, 0.1) is 0 Å². The minimum Gasteiger partial charge on any atom is -0.497 e. The lowest BCUT2D eigenvalue weighted by atomic mass is 10.2. The van der Waals surface area contributed by atoms with Gasteiger partial charge >= 0.3 is 6.03 Å². The van der Waals surface area contributed by atoms with Gasteiger partial charge < -0.3 is 19.9 Å². The van der Waals surface area contributed by atoms with E-state index in [9.17, 15) is 4.79 Å². The summed E-state index contributed by atoms with van der Waals surface area (Å²) in [6.45, 7) is 3.31.